The van der Waals surface area contributed by atoms with Crippen molar-refractivity contribution < 1.29 is 29.3 Å². The average Bonchev–Trinajstić information content (AvgIpc) is 3.36. The van der Waals surface area contributed by atoms with Gasteiger partial charge < -0.3 is 30.3 Å². The van der Waals surface area contributed by atoms with Gasteiger partial charge in [-0.1, -0.05) is 0 Å². The smallest absolute Gasteiger partial charge is 0.256 e. The number of methoxy groups -OCH3 is 1. The second kappa shape index (κ2) is 8.86. The Bertz CT molecular complexity index is 1130. The van der Waals surface area contributed by atoms with Gasteiger partial charge in [0.05, 0.1) is 13.4 Å². The van der Waals surface area contributed by atoms with Crippen LogP contribution in [0.1, 0.15) is 23.5 Å². The average molecular weight is 442 g/mol. The molecule has 0 saturated carbocycles. The number of benzene rings is 1. The van der Waals surface area contributed by atoms with Gasteiger partial charge in [-0.05, 0) is 31.2 Å². The minimum Gasteiger partial charge on any atom is -0.497 e. The van der Waals surface area contributed by atoms with Crippen LogP contribution in [0, 0.1) is 0 Å². The molecule has 12 heteroatoms. The van der Waals surface area contributed by atoms with Crippen molar-refractivity contribution in [1.29, 1.82) is 0 Å². The number of rotatable bonds is 6. The second-order valence-electron chi connectivity index (χ2n) is 7.05. The number of nitrogens with one attached hydrogen (secondary N) is 2. The minimum atomic E-state index is -1.43. The fraction of sp³-hybridized carbons (Fsp3) is 0.350. The number of hydrogen-bond donors (Lipinski definition) is 4. The first-order chi connectivity index (χ1) is 15.4. The molecular weight excluding hydrogens is 420 g/mol. The third-order valence-electron chi connectivity index (χ3n) is 5.06. The highest BCUT2D eigenvalue weighted by molar-refractivity contribution is 6.06. The third kappa shape index (κ3) is 3.86. The third-order valence-corrected chi connectivity index (χ3v) is 5.06. The molecule has 3 aromatic rings. The Morgan fingerprint density at radius 1 is 1.16 bits per heavy atom. The molecule has 2 aromatic heterocycles. The highest BCUT2D eigenvalue weighted by Crippen LogP contribution is 2.32. The van der Waals surface area contributed by atoms with Crippen LogP contribution >= 0.6 is 0 Å². The number of aliphatic hydroxyl groups excluding tert-OH is 2. The molecule has 4 atom stereocenters. The number of nitrogens with zero attached hydrogens (tertiary/aromatic N) is 4. The molecule has 2 amide bonds. The van der Waals surface area contributed by atoms with Gasteiger partial charge in [-0.3, -0.25) is 14.2 Å². The van der Waals surface area contributed by atoms with E-state index in [2.05, 4.69) is 25.6 Å². The molecule has 0 radical (unpaired) electrons. The maximum Gasteiger partial charge on any atom is 0.256 e. The number of fused-ring (bicyclic) bond motifs is 1. The summed E-state index contributed by atoms with van der Waals surface area (Å²) in [6.45, 7) is 2.08. The Labute approximate surface area is 182 Å². The molecule has 1 fully saturated rings. The topological polar surface area (TPSA) is 161 Å². The van der Waals surface area contributed by atoms with Gasteiger partial charge in [-0.2, -0.15) is 0 Å². The van der Waals surface area contributed by atoms with Gasteiger partial charge >= 0.3 is 0 Å². The summed E-state index contributed by atoms with van der Waals surface area (Å²) in [4.78, 5) is 37.2. The molecule has 4 rings (SSSR count). The van der Waals surface area contributed by atoms with E-state index >= 15 is 0 Å². The van der Waals surface area contributed by atoms with E-state index in [1.54, 1.807) is 31.2 Å². The van der Waals surface area contributed by atoms with Gasteiger partial charge in [-0.25, -0.2) is 15.0 Å². The molecule has 1 saturated heterocycles. The number of ether oxygens (including phenoxy) is 2. The van der Waals surface area contributed by atoms with Crippen LogP contribution in [0.15, 0.2) is 36.9 Å². The molecule has 4 N–H and O–H groups in total. The van der Waals surface area contributed by atoms with E-state index in [0.29, 0.717) is 17.9 Å². The first-order valence-electron chi connectivity index (χ1n) is 9.86. The molecule has 1 aliphatic heterocycles. The maximum absolute atomic E-state index is 12.6. The van der Waals surface area contributed by atoms with Crippen LogP contribution in [0.4, 0.5) is 5.82 Å². The minimum absolute atomic E-state index is 0.155. The lowest BCUT2D eigenvalue weighted by molar-refractivity contribution is -0.137. The second-order valence-corrected chi connectivity index (χ2v) is 7.05. The molecule has 32 heavy (non-hydrogen) atoms. The van der Waals surface area contributed by atoms with Gasteiger partial charge in [-0.15, -0.1) is 0 Å². The largest absolute Gasteiger partial charge is 0.497 e. The van der Waals surface area contributed by atoms with Crippen LogP contribution < -0.4 is 15.4 Å². The Balaban J connectivity index is 1.59. The molecule has 3 heterocycles. The lowest BCUT2D eigenvalue weighted by atomic mass is 10.1. The van der Waals surface area contributed by atoms with Crippen molar-refractivity contribution in [2.45, 2.75) is 31.5 Å². The number of amides is 2. The van der Waals surface area contributed by atoms with Crippen molar-refractivity contribution in [3.63, 3.8) is 0 Å². The summed E-state index contributed by atoms with van der Waals surface area (Å²) in [5, 5.41) is 26.0. The number of aliphatic hydroxyl groups is 2. The van der Waals surface area contributed by atoms with Crippen LogP contribution in [-0.4, -0.2) is 73.5 Å². The monoisotopic (exact) mass is 442 g/mol. The molecule has 0 bridgehead atoms. The SMILES string of the molecule is CCNC(=O)[C@H]1O[C@@H](n2cnc3c(NC(=O)c4ccc(OC)cc4)ncnc32)[C@@H](O)[C@H]1O. The van der Waals surface area contributed by atoms with E-state index in [1.165, 1.54) is 24.3 Å². The summed E-state index contributed by atoms with van der Waals surface area (Å²) in [6.07, 6.45) is -2.62. The molecule has 168 valence electrons. The van der Waals surface area contributed by atoms with Crippen LogP contribution in [0.5, 0.6) is 5.75 Å². The summed E-state index contributed by atoms with van der Waals surface area (Å²) in [6, 6.07) is 6.54. The van der Waals surface area contributed by atoms with Crippen molar-refractivity contribution in [3.05, 3.63) is 42.5 Å². The van der Waals surface area contributed by atoms with Gasteiger partial charge in [0.1, 0.15) is 24.3 Å². The zero-order valence-electron chi connectivity index (χ0n) is 17.3. The van der Waals surface area contributed by atoms with Crippen LogP contribution in [0.25, 0.3) is 11.2 Å². The number of anilines is 1. The highest BCUT2D eigenvalue weighted by Gasteiger charge is 2.47. The molecular formula is C20H22N6O6. The van der Waals surface area contributed by atoms with Gasteiger partial charge in [0.15, 0.2) is 29.3 Å². The Morgan fingerprint density at radius 2 is 1.91 bits per heavy atom. The standard InChI is InChI=1S/C20H22N6O6/c1-3-21-19(30)15-13(27)14(28)20(32-15)26-9-24-12-16(22-8-23-17(12)26)25-18(29)10-4-6-11(31-2)7-5-10/h4-9,13-15,20,27-28H,3H2,1-2H3,(H,21,30)(H,22,23,25,29)/t13-,14+,15+,20-/m1/s1. The van der Waals surface area contributed by atoms with E-state index in [-0.39, 0.29) is 17.0 Å². The van der Waals surface area contributed by atoms with Gasteiger partial charge in [0.2, 0.25) is 0 Å². The lowest BCUT2D eigenvalue weighted by Crippen LogP contribution is -2.42. The molecule has 12 nitrogen and oxygen atoms in total. The summed E-state index contributed by atoms with van der Waals surface area (Å²) in [5.74, 6) is -0.171. The molecule has 0 unspecified atom stereocenters. The van der Waals surface area contributed by atoms with Gasteiger partial charge in [0.25, 0.3) is 11.8 Å². The first-order valence-corrected chi connectivity index (χ1v) is 9.86. The number of carbonyl (C=O) groups is 2. The molecule has 1 aliphatic rings. The number of likely N-dealkylation sites (N-methyl/N-ethyl adjacent to an activating group) is 1. The van der Waals surface area contributed by atoms with E-state index < -0.39 is 36.4 Å². The van der Waals surface area contributed by atoms with E-state index in [1.807, 2.05) is 0 Å². The molecule has 1 aromatic carbocycles. The summed E-state index contributed by atoms with van der Waals surface area (Å²) in [5.41, 5.74) is 0.887. The number of carbonyl (C=O) groups excluding carboxylic acids is 2. The van der Waals surface area contributed by atoms with Crippen molar-refractivity contribution in [1.82, 2.24) is 24.8 Å². The summed E-state index contributed by atoms with van der Waals surface area (Å²) < 4.78 is 12.1. The normalized spacial score (nSPS) is 22.6. The fourth-order valence-corrected chi connectivity index (χ4v) is 3.43. The summed E-state index contributed by atoms with van der Waals surface area (Å²) >= 11 is 0. The Morgan fingerprint density at radius 3 is 2.59 bits per heavy atom. The zero-order chi connectivity index (χ0) is 22.8. The number of imidazole rings is 1. The summed E-state index contributed by atoms with van der Waals surface area (Å²) in [7, 11) is 1.53. The maximum atomic E-state index is 12.6. The highest BCUT2D eigenvalue weighted by atomic mass is 16.6. The van der Waals surface area contributed by atoms with Crippen LogP contribution in [0.3, 0.4) is 0 Å². The number of aromatic nitrogens is 4. The van der Waals surface area contributed by atoms with Crippen molar-refractivity contribution >= 4 is 28.8 Å². The number of hydrogen-bond acceptors (Lipinski definition) is 9. The fourth-order valence-electron chi connectivity index (χ4n) is 3.43. The van der Waals surface area contributed by atoms with Crippen LogP contribution in [0.2, 0.25) is 0 Å². The predicted molar refractivity (Wildman–Crippen MR) is 111 cm³/mol. The van der Waals surface area contributed by atoms with E-state index in [0.717, 1.165) is 0 Å². The van der Waals surface area contributed by atoms with Crippen molar-refractivity contribution in [3.8, 4) is 5.75 Å². The van der Waals surface area contributed by atoms with Crippen LogP contribution in [-0.2, 0) is 9.53 Å². The quantitative estimate of drug-likeness (QED) is 0.407. The van der Waals surface area contributed by atoms with Crippen molar-refractivity contribution in [2.24, 2.45) is 0 Å². The molecule has 0 spiro atoms. The molecule has 0 aliphatic carbocycles. The van der Waals surface area contributed by atoms with E-state index in [9.17, 15) is 19.8 Å². The Hall–Kier alpha value is -3.61. The zero-order valence-corrected chi connectivity index (χ0v) is 17.3. The first kappa shape index (κ1) is 21.6. The van der Waals surface area contributed by atoms with Gasteiger partial charge in [0, 0.05) is 12.1 Å². The lowest BCUT2D eigenvalue weighted by Gasteiger charge is -2.16. The van der Waals surface area contributed by atoms with Crippen molar-refractivity contribution in [2.75, 3.05) is 19.0 Å². The van der Waals surface area contributed by atoms with E-state index in [4.69, 9.17) is 9.47 Å². The Kier molecular flexibility index (Phi) is 5.99. The predicted octanol–water partition coefficient (Wildman–Crippen LogP) is -0.158.